The summed E-state index contributed by atoms with van der Waals surface area (Å²) in [6.45, 7) is 2.69. The molecule has 0 aromatic heterocycles. The number of carbonyl (C=O) groups excluding carboxylic acids is 3. The van der Waals surface area contributed by atoms with Crippen molar-refractivity contribution in [2.45, 2.75) is 31.7 Å². The maximum atomic E-state index is 12.3. The predicted molar refractivity (Wildman–Crippen MR) is 113 cm³/mol. The summed E-state index contributed by atoms with van der Waals surface area (Å²) in [5.41, 5.74) is -0.0214. The van der Waals surface area contributed by atoms with Gasteiger partial charge in [-0.1, -0.05) is 35.9 Å². The van der Waals surface area contributed by atoms with Crippen molar-refractivity contribution < 1.29 is 38.1 Å². The van der Waals surface area contributed by atoms with Crippen LogP contribution in [0.3, 0.4) is 0 Å². The maximum absolute atomic E-state index is 12.3. The fourth-order valence-electron chi connectivity index (χ4n) is 2.64. The standard InChI is InChI=1S/C22H25ClO8/c1-14(16-5-6-18-12-19(27-3)8-7-17(18)11-16)21(25)30-13-20(24)28-9-4-10-29-22(26)31-15(2)23/h5-8,11-12,14-15H,4,9-10,13H2,1-3H3/t14-,15?/m0/s1. The van der Waals surface area contributed by atoms with E-state index in [1.807, 2.05) is 36.4 Å². The van der Waals surface area contributed by atoms with E-state index in [4.69, 9.17) is 30.5 Å². The lowest BCUT2D eigenvalue weighted by atomic mass is 9.98. The van der Waals surface area contributed by atoms with Gasteiger partial charge in [-0.2, -0.15) is 0 Å². The van der Waals surface area contributed by atoms with Gasteiger partial charge >= 0.3 is 18.1 Å². The molecular weight excluding hydrogens is 428 g/mol. The summed E-state index contributed by atoms with van der Waals surface area (Å²) >= 11 is 5.47. The lowest BCUT2D eigenvalue weighted by molar-refractivity contribution is -0.159. The number of fused-ring (bicyclic) bond motifs is 1. The fraction of sp³-hybridized carbons (Fsp3) is 0.409. The number of carbonyl (C=O) groups is 3. The topological polar surface area (TPSA) is 97.4 Å². The number of esters is 2. The number of hydrogen-bond donors (Lipinski definition) is 0. The van der Waals surface area contributed by atoms with Gasteiger partial charge in [-0.3, -0.25) is 4.79 Å². The van der Waals surface area contributed by atoms with E-state index < -0.39 is 36.2 Å². The van der Waals surface area contributed by atoms with Crippen LogP contribution < -0.4 is 4.74 Å². The van der Waals surface area contributed by atoms with Crippen LogP contribution in [0.4, 0.5) is 4.79 Å². The minimum Gasteiger partial charge on any atom is -0.497 e. The van der Waals surface area contributed by atoms with Gasteiger partial charge in [0.25, 0.3) is 0 Å². The molecule has 0 bridgehead atoms. The third-order valence-corrected chi connectivity index (χ3v) is 4.38. The van der Waals surface area contributed by atoms with Gasteiger partial charge in [0.15, 0.2) is 12.2 Å². The van der Waals surface area contributed by atoms with Crippen molar-refractivity contribution in [2.75, 3.05) is 26.9 Å². The van der Waals surface area contributed by atoms with E-state index in [0.717, 1.165) is 22.1 Å². The lowest BCUT2D eigenvalue weighted by Gasteiger charge is -2.13. The van der Waals surface area contributed by atoms with Crippen LogP contribution in [0.5, 0.6) is 5.75 Å². The first kappa shape index (κ1) is 24.3. The zero-order valence-electron chi connectivity index (χ0n) is 17.6. The molecule has 0 saturated carbocycles. The minimum absolute atomic E-state index is 0.000379. The van der Waals surface area contributed by atoms with Gasteiger partial charge in [0, 0.05) is 6.42 Å². The monoisotopic (exact) mass is 452 g/mol. The summed E-state index contributed by atoms with van der Waals surface area (Å²) < 4.78 is 24.5. The molecule has 0 aliphatic carbocycles. The molecule has 2 rings (SSSR count). The Balaban J connectivity index is 1.73. The largest absolute Gasteiger partial charge is 0.509 e. The highest BCUT2D eigenvalue weighted by molar-refractivity contribution is 6.19. The highest BCUT2D eigenvalue weighted by Gasteiger charge is 2.19. The van der Waals surface area contributed by atoms with E-state index >= 15 is 0 Å². The second kappa shape index (κ2) is 12.0. The molecule has 31 heavy (non-hydrogen) atoms. The van der Waals surface area contributed by atoms with Gasteiger partial charge in [-0.25, -0.2) is 9.59 Å². The van der Waals surface area contributed by atoms with Gasteiger partial charge in [-0.15, -0.1) is 0 Å². The Bertz CT molecular complexity index is 912. The number of methoxy groups -OCH3 is 1. The van der Waals surface area contributed by atoms with Crippen LogP contribution in [0.2, 0.25) is 0 Å². The van der Waals surface area contributed by atoms with Crippen molar-refractivity contribution in [2.24, 2.45) is 0 Å². The molecule has 2 atom stereocenters. The number of hydrogen-bond acceptors (Lipinski definition) is 8. The van der Waals surface area contributed by atoms with Crippen molar-refractivity contribution in [1.29, 1.82) is 0 Å². The Labute approximate surface area is 185 Å². The van der Waals surface area contributed by atoms with E-state index in [1.54, 1.807) is 14.0 Å². The molecule has 2 aromatic rings. The molecule has 0 N–H and O–H groups in total. The average molecular weight is 453 g/mol. The Kier molecular flexibility index (Phi) is 9.40. The van der Waals surface area contributed by atoms with E-state index in [2.05, 4.69) is 4.74 Å². The van der Waals surface area contributed by atoms with E-state index in [1.165, 1.54) is 6.92 Å². The second-order valence-corrected chi connectivity index (χ2v) is 7.25. The molecule has 1 unspecified atom stereocenters. The van der Waals surface area contributed by atoms with Gasteiger partial charge in [0.2, 0.25) is 0 Å². The third-order valence-electron chi connectivity index (χ3n) is 4.29. The van der Waals surface area contributed by atoms with Crippen LogP contribution in [0.25, 0.3) is 10.8 Å². The van der Waals surface area contributed by atoms with Gasteiger partial charge in [0.1, 0.15) is 5.75 Å². The Morgan fingerprint density at radius 3 is 2.32 bits per heavy atom. The third kappa shape index (κ3) is 7.97. The highest BCUT2D eigenvalue weighted by atomic mass is 35.5. The molecule has 0 radical (unpaired) electrons. The van der Waals surface area contributed by atoms with Gasteiger partial charge in [-0.05, 0) is 42.3 Å². The zero-order valence-corrected chi connectivity index (χ0v) is 18.3. The van der Waals surface area contributed by atoms with Crippen molar-refractivity contribution in [1.82, 2.24) is 0 Å². The molecule has 0 fully saturated rings. The summed E-state index contributed by atoms with van der Waals surface area (Å²) in [4.78, 5) is 35.1. The van der Waals surface area contributed by atoms with Crippen molar-refractivity contribution >= 4 is 40.5 Å². The predicted octanol–water partition coefficient (Wildman–Crippen LogP) is 4.17. The van der Waals surface area contributed by atoms with Crippen LogP contribution in [0, 0.1) is 0 Å². The summed E-state index contributed by atoms with van der Waals surface area (Å²) in [6.07, 6.45) is -0.631. The molecule has 8 nitrogen and oxygen atoms in total. The van der Waals surface area contributed by atoms with Crippen molar-refractivity contribution in [3.05, 3.63) is 42.0 Å². The molecule has 0 aliphatic heterocycles. The van der Waals surface area contributed by atoms with Gasteiger partial charge < -0.3 is 23.7 Å². The number of rotatable bonds is 10. The molecule has 0 heterocycles. The van der Waals surface area contributed by atoms with Crippen LogP contribution in [0.15, 0.2) is 36.4 Å². The minimum atomic E-state index is -0.899. The number of halogens is 1. The summed E-state index contributed by atoms with van der Waals surface area (Å²) in [7, 11) is 1.60. The molecule has 0 saturated heterocycles. The van der Waals surface area contributed by atoms with Crippen molar-refractivity contribution in [3.63, 3.8) is 0 Å². The van der Waals surface area contributed by atoms with Gasteiger partial charge in [0.05, 0.1) is 26.2 Å². The van der Waals surface area contributed by atoms with E-state index in [9.17, 15) is 14.4 Å². The first-order chi connectivity index (χ1) is 14.8. The molecule has 2 aromatic carbocycles. The first-order valence-corrected chi connectivity index (χ1v) is 10.1. The van der Waals surface area contributed by atoms with Crippen LogP contribution >= 0.6 is 11.6 Å². The molecule has 0 spiro atoms. The number of alkyl halides is 1. The molecule has 0 aliphatic rings. The number of benzene rings is 2. The molecule has 9 heteroatoms. The van der Waals surface area contributed by atoms with E-state index in [0.29, 0.717) is 0 Å². The highest BCUT2D eigenvalue weighted by Crippen LogP contribution is 2.25. The second-order valence-electron chi connectivity index (χ2n) is 6.64. The molecule has 168 valence electrons. The van der Waals surface area contributed by atoms with Crippen LogP contribution in [0.1, 0.15) is 31.7 Å². The van der Waals surface area contributed by atoms with Crippen LogP contribution in [-0.2, 0) is 28.5 Å². The maximum Gasteiger partial charge on any atom is 0.509 e. The fourth-order valence-corrected chi connectivity index (χ4v) is 2.71. The number of ether oxygens (including phenoxy) is 5. The molecule has 0 amide bonds. The lowest BCUT2D eigenvalue weighted by Crippen LogP contribution is -2.20. The quantitative estimate of drug-likeness (QED) is 0.229. The normalized spacial score (nSPS) is 12.5. The Morgan fingerprint density at radius 1 is 0.935 bits per heavy atom. The smallest absolute Gasteiger partial charge is 0.497 e. The zero-order chi connectivity index (χ0) is 22.8. The Morgan fingerprint density at radius 2 is 1.61 bits per heavy atom. The summed E-state index contributed by atoms with van der Waals surface area (Å²) in [5, 5.41) is 1.95. The Hall–Kier alpha value is -3.00. The SMILES string of the molecule is COc1ccc2cc([C@H](C)C(=O)OCC(=O)OCCCOC(=O)OC(C)Cl)ccc2c1. The van der Waals surface area contributed by atoms with Crippen molar-refractivity contribution in [3.8, 4) is 5.75 Å². The average Bonchev–Trinajstić information content (AvgIpc) is 2.75. The summed E-state index contributed by atoms with van der Waals surface area (Å²) in [5.74, 6) is -1.03. The van der Waals surface area contributed by atoms with E-state index in [-0.39, 0.29) is 19.6 Å². The summed E-state index contributed by atoms with van der Waals surface area (Å²) in [6, 6.07) is 11.3. The van der Waals surface area contributed by atoms with Crippen LogP contribution in [-0.4, -0.2) is 50.6 Å². The molecular formula is C22H25ClO8. The first-order valence-electron chi connectivity index (χ1n) is 9.67.